The molecule has 0 radical (unpaired) electrons. The molecule has 1 aromatic heterocycles. The normalized spacial score (nSPS) is 17.9. The Morgan fingerprint density at radius 1 is 1.11 bits per heavy atom. The van der Waals surface area contributed by atoms with Crippen molar-refractivity contribution in [3.8, 4) is 0 Å². The maximum atomic E-state index is 9.37. The van der Waals surface area contributed by atoms with Gasteiger partial charge in [0.15, 0.2) is 5.82 Å². The van der Waals surface area contributed by atoms with Crippen LogP contribution in [0.15, 0.2) is 0 Å². The molecule has 0 aromatic carbocycles. The van der Waals surface area contributed by atoms with Gasteiger partial charge in [-0.2, -0.15) is 0 Å². The molecule has 4 heteroatoms. The van der Waals surface area contributed by atoms with Gasteiger partial charge in [-0.3, -0.25) is 0 Å². The van der Waals surface area contributed by atoms with E-state index in [1.807, 2.05) is 0 Å². The molecule has 1 aliphatic carbocycles. The van der Waals surface area contributed by atoms with Gasteiger partial charge >= 0.3 is 0 Å². The Bertz CT molecular complexity index is 379. The van der Waals surface area contributed by atoms with Crippen molar-refractivity contribution < 1.29 is 5.11 Å². The number of aliphatic hydroxyl groups is 1. The Balaban J connectivity index is 2.07. The van der Waals surface area contributed by atoms with Crippen LogP contribution in [-0.2, 0) is 19.6 Å². The van der Waals surface area contributed by atoms with E-state index in [4.69, 9.17) is 0 Å². The predicted molar refractivity (Wildman–Crippen MR) is 75.7 cm³/mol. The summed E-state index contributed by atoms with van der Waals surface area (Å²) in [5.41, 5.74) is 0. The van der Waals surface area contributed by atoms with Crippen molar-refractivity contribution in [2.45, 2.75) is 71.9 Å². The van der Waals surface area contributed by atoms with Crippen LogP contribution in [0.4, 0.5) is 0 Å². The summed E-state index contributed by atoms with van der Waals surface area (Å²) >= 11 is 0. The Morgan fingerprint density at radius 3 is 2.32 bits per heavy atom. The number of hydrogen-bond donors (Lipinski definition) is 1. The molecule has 1 fully saturated rings. The largest absolute Gasteiger partial charge is 0.388 e. The summed E-state index contributed by atoms with van der Waals surface area (Å²) in [7, 11) is 0. The zero-order chi connectivity index (χ0) is 13.7. The van der Waals surface area contributed by atoms with Gasteiger partial charge in [0.05, 0.1) is 0 Å². The van der Waals surface area contributed by atoms with Crippen molar-refractivity contribution in [1.82, 2.24) is 14.8 Å². The number of hydrogen-bond acceptors (Lipinski definition) is 3. The Hall–Kier alpha value is -0.900. The van der Waals surface area contributed by atoms with Gasteiger partial charge in [-0.05, 0) is 11.8 Å². The van der Waals surface area contributed by atoms with Crippen LogP contribution in [0.1, 0.15) is 64.0 Å². The predicted octanol–water partition coefficient (Wildman–Crippen LogP) is 2.94. The van der Waals surface area contributed by atoms with Crippen LogP contribution >= 0.6 is 0 Å². The number of aliphatic hydroxyl groups excluding tert-OH is 1. The van der Waals surface area contributed by atoms with Crippen molar-refractivity contribution in [2.24, 2.45) is 11.8 Å². The third kappa shape index (κ3) is 4.03. The van der Waals surface area contributed by atoms with Crippen LogP contribution < -0.4 is 0 Å². The molecule has 19 heavy (non-hydrogen) atoms. The lowest BCUT2D eigenvalue weighted by atomic mass is 9.96. The number of aromatic nitrogens is 3. The van der Waals surface area contributed by atoms with E-state index in [1.54, 1.807) is 0 Å². The minimum absolute atomic E-state index is 0.00954. The van der Waals surface area contributed by atoms with Crippen molar-refractivity contribution in [3.05, 3.63) is 11.6 Å². The Morgan fingerprint density at radius 2 is 1.74 bits per heavy atom. The topological polar surface area (TPSA) is 50.9 Å². The second-order valence-corrected chi connectivity index (χ2v) is 6.26. The maximum absolute atomic E-state index is 9.37. The van der Waals surface area contributed by atoms with Gasteiger partial charge in [-0.25, -0.2) is 0 Å². The van der Waals surface area contributed by atoms with Gasteiger partial charge in [0.1, 0.15) is 12.4 Å². The minimum Gasteiger partial charge on any atom is -0.388 e. The smallest absolute Gasteiger partial charge is 0.158 e. The molecule has 0 atom stereocenters. The average Bonchev–Trinajstić information content (AvgIpc) is 2.60. The van der Waals surface area contributed by atoms with Gasteiger partial charge in [0, 0.05) is 13.0 Å². The van der Waals surface area contributed by atoms with Crippen LogP contribution in [-0.4, -0.2) is 19.9 Å². The first-order valence-electron chi connectivity index (χ1n) is 7.72. The fraction of sp³-hybridized carbons (Fsp3) is 0.867. The van der Waals surface area contributed by atoms with Crippen molar-refractivity contribution in [1.29, 1.82) is 0 Å². The molecule has 1 N–H and O–H groups in total. The van der Waals surface area contributed by atoms with Crippen molar-refractivity contribution in [3.63, 3.8) is 0 Å². The summed E-state index contributed by atoms with van der Waals surface area (Å²) in [6.45, 7) is 5.28. The molecule has 0 unspecified atom stereocenters. The van der Waals surface area contributed by atoms with Gasteiger partial charge in [0.25, 0.3) is 0 Å². The van der Waals surface area contributed by atoms with Gasteiger partial charge < -0.3 is 9.67 Å². The van der Waals surface area contributed by atoms with E-state index in [2.05, 4.69) is 28.6 Å². The van der Waals surface area contributed by atoms with E-state index in [-0.39, 0.29) is 6.61 Å². The minimum atomic E-state index is -0.00954. The fourth-order valence-corrected chi connectivity index (χ4v) is 3.04. The second kappa shape index (κ2) is 7.04. The lowest BCUT2D eigenvalue weighted by Crippen LogP contribution is -2.15. The highest BCUT2D eigenvalue weighted by atomic mass is 16.3. The molecule has 0 saturated heterocycles. The zero-order valence-corrected chi connectivity index (χ0v) is 12.3. The highest BCUT2D eigenvalue weighted by molar-refractivity contribution is 4.97. The summed E-state index contributed by atoms with van der Waals surface area (Å²) in [5, 5.41) is 17.8. The summed E-state index contributed by atoms with van der Waals surface area (Å²) in [4.78, 5) is 0. The van der Waals surface area contributed by atoms with Crippen LogP contribution in [0, 0.1) is 11.8 Å². The van der Waals surface area contributed by atoms with E-state index in [0.29, 0.717) is 5.92 Å². The highest BCUT2D eigenvalue weighted by Crippen LogP contribution is 2.26. The third-order valence-electron chi connectivity index (χ3n) is 4.04. The van der Waals surface area contributed by atoms with E-state index >= 15 is 0 Å². The fourth-order valence-electron chi connectivity index (χ4n) is 3.04. The standard InChI is InChI=1S/C15H27N3O/c1-12(2)10-18-14(16-17-15(18)11-19)9-13-7-5-3-4-6-8-13/h12-13,19H,3-11H2,1-2H3. The molecule has 0 amide bonds. The van der Waals surface area contributed by atoms with E-state index < -0.39 is 0 Å². The third-order valence-corrected chi connectivity index (χ3v) is 4.04. The van der Waals surface area contributed by atoms with Crippen molar-refractivity contribution in [2.75, 3.05) is 0 Å². The molecular weight excluding hydrogens is 238 g/mol. The molecule has 1 saturated carbocycles. The first-order chi connectivity index (χ1) is 9.20. The maximum Gasteiger partial charge on any atom is 0.158 e. The van der Waals surface area contributed by atoms with E-state index in [1.165, 1.54) is 38.5 Å². The molecule has 2 rings (SSSR count). The lowest BCUT2D eigenvalue weighted by Gasteiger charge is -2.16. The molecule has 1 aliphatic rings. The molecule has 0 aliphatic heterocycles. The van der Waals surface area contributed by atoms with Crippen LogP contribution in [0.2, 0.25) is 0 Å². The van der Waals surface area contributed by atoms with Crippen LogP contribution in [0.25, 0.3) is 0 Å². The molecule has 108 valence electrons. The number of nitrogens with zero attached hydrogens (tertiary/aromatic N) is 3. The molecule has 4 nitrogen and oxygen atoms in total. The Labute approximate surface area is 116 Å². The summed E-state index contributed by atoms with van der Waals surface area (Å²) in [6, 6.07) is 0. The Kier molecular flexibility index (Phi) is 5.37. The second-order valence-electron chi connectivity index (χ2n) is 6.26. The molecule has 0 bridgehead atoms. The summed E-state index contributed by atoms with van der Waals surface area (Å²) < 4.78 is 2.13. The molecule has 1 heterocycles. The van der Waals surface area contributed by atoms with E-state index in [0.717, 1.165) is 30.5 Å². The monoisotopic (exact) mass is 265 g/mol. The quantitative estimate of drug-likeness (QED) is 0.833. The first kappa shape index (κ1) is 14.5. The number of rotatable bonds is 5. The average molecular weight is 265 g/mol. The SMILES string of the molecule is CC(C)Cn1c(CO)nnc1CC1CCCCCC1. The molecule has 0 spiro atoms. The lowest BCUT2D eigenvalue weighted by molar-refractivity contribution is 0.261. The summed E-state index contributed by atoms with van der Waals surface area (Å²) in [6.07, 6.45) is 9.16. The summed E-state index contributed by atoms with van der Waals surface area (Å²) in [5.74, 6) is 3.10. The van der Waals surface area contributed by atoms with Gasteiger partial charge in [-0.15, -0.1) is 10.2 Å². The van der Waals surface area contributed by atoms with E-state index in [9.17, 15) is 5.11 Å². The van der Waals surface area contributed by atoms with Crippen LogP contribution in [0.5, 0.6) is 0 Å². The van der Waals surface area contributed by atoms with Gasteiger partial charge in [0.2, 0.25) is 0 Å². The molecular formula is C15H27N3O. The van der Waals surface area contributed by atoms with Gasteiger partial charge in [-0.1, -0.05) is 52.4 Å². The zero-order valence-electron chi connectivity index (χ0n) is 12.3. The van der Waals surface area contributed by atoms with Crippen molar-refractivity contribution >= 4 is 0 Å². The molecule has 1 aromatic rings. The highest BCUT2D eigenvalue weighted by Gasteiger charge is 2.18. The first-order valence-corrected chi connectivity index (χ1v) is 7.72. The van der Waals surface area contributed by atoms with Crippen LogP contribution in [0.3, 0.4) is 0 Å².